The first-order valence-electron chi connectivity index (χ1n) is 7.11. The lowest BCUT2D eigenvalue weighted by Gasteiger charge is -2.09. The highest BCUT2D eigenvalue weighted by atomic mass is 16.5. The Labute approximate surface area is 115 Å². The number of para-hydroxylation sites is 1. The van der Waals surface area contributed by atoms with E-state index in [1.807, 2.05) is 0 Å². The topological polar surface area (TPSA) is 26.2 Å². The van der Waals surface area contributed by atoms with Crippen LogP contribution in [-0.4, -0.2) is 23.8 Å². The summed E-state index contributed by atoms with van der Waals surface area (Å²) in [5.74, 6) is 0. The maximum Gasteiger partial charge on any atom is 0.0649 e. The number of hydrogen-bond acceptors (Lipinski definition) is 2. The van der Waals surface area contributed by atoms with Crippen molar-refractivity contribution in [2.75, 3.05) is 13.2 Å². The van der Waals surface area contributed by atoms with Gasteiger partial charge in [-0.25, -0.2) is 0 Å². The van der Waals surface area contributed by atoms with E-state index in [9.17, 15) is 0 Å². The van der Waals surface area contributed by atoms with Crippen molar-refractivity contribution in [3.05, 3.63) is 36.0 Å². The number of nitrogens with zero attached hydrogens (tertiary/aromatic N) is 1. The Morgan fingerprint density at radius 1 is 1.26 bits per heavy atom. The molecule has 1 aromatic carbocycles. The highest BCUT2D eigenvalue weighted by Gasteiger charge is 2.07. The number of ether oxygens (including phenoxy) is 1. The van der Waals surface area contributed by atoms with Gasteiger partial charge in [0.1, 0.15) is 0 Å². The number of benzene rings is 1. The molecule has 0 aliphatic rings. The van der Waals surface area contributed by atoms with Crippen molar-refractivity contribution >= 4 is 10.9 Å². The fraction of sp³-hybridized carbons (Fsp3) is 0.500. The number of aromatic nitrogens is 1. The summed E-state index contributed by atoms with van der Waals surface area (Å²) >= 11 is 0. The van der Waals surface area contributed by atoms with Crippen LogP contribution in [-0.2, 0) is 17.8 Å². The molecule has 0 bridgehead atoms. The van der Waals surface area contributed by atoms with Crippen LogP contribution in [0, 0.1) is 0 Å². The van der Waals surface area contributed by atoms with Gasteiger partial charge in [-0.2, -0.15) is 0 Å². The molecule has 0 atom stereocenters. The van der Waals surface area contributed by atoms with Crippen LogP contribution in [0.5, 0.6) is 0 Å². The Bertz CT molecular complexity index is 516. The maximum absolute atomic E-state index is 5.65. The Kier molecular flexibility index (Phi) is 5.00. The van der Waals surface area contributed by atoms with Crippen molar-refractivity contribution in [2.45, 2.75) is 40.0 Å². The lowest BCUT2D eigenvalue weighted by Crippen LogP contribution is -2.12. The third-order valence-electron chi connectivity index (χ3n) is 3.22. The van der Waals surface area contributed by atoms with Crippen molar-refractivity contribution in [3.8, 4) is 0 Å². The summed E-state index contributed by atoms with van der Waals surface area (Å²) in [6, 6.07) is 8.58. The molecule has 0 aliphatic carbocycles. The molecule has 0 aliphatic heterocycles. The summed E-state index contributed by atoms with van der Waals surface area (Å²) in [6.07, 6.45) is 2.54. The summed E-state index contributed by atoms with van der Waals surface area (Å²) in [5.41, 5.74) is 2.66. The highest BCUT2D eigenvalue weighted by Crippen LogP contribution is 2.21. The smallest absolute Gasteiger partial charge is 0.0649 e. The molecule has 0 spiro atoms. The van der Waals surface area contributed by atoms with Gasteiger partial charge in [-0.3, -0.25) is 0 Å². The normalized spacial score (nSPS) is 11.6. The van der Waals surface area contributed by atoms with Crippen LogP contribution in [0.1, 0.15) is 26.3 Å². The molecule has 1 aromatic heterocycles. The van der Waals surface area contributed by atoms with Gasteiger partial charge in [0.2, 0.25) is 0 Å². The zero-order valence-electron chi connectivity index (χ0n) is 12.1. The van der Waals surface area contributed by atoms with E-state index in [-0.39, 0.29) is 0 Å². The number of fused-ring (bicyclic) bond motifs is 1. The minimum atomic E-state index is 0.294. The number of rotatable bonds is 7. The van der Waals surface area contributed by atoms with Crippen molar-refractivity contribution in [1.82, 2.24) is 9.88 Å². The van der Waals surface area contributed by atoms with Crippen LogP contribution in [0.2, 0.25) is 0 Å². The summed E-state index contributed by atoms with van der Waals surface area (Å²) in [6.45, 7) is 9.87. The van der Waals surface area contributed by atoms with Crippen LogP contribution < -0.4 is 5.32 Å². The molecule has 0 amide bonds. The summed E-state index contributed by atoms with van der Waals surface area (Å²) in [5, 5.41) is 4.74. The van der Waals surface area contributed by atoms with Crippen molar-refractivity contribution in [1.29, 1.82) is 0 Å². The Morgan fingerprint density at radius 2 is 2.05 bits per heavy atom. The number of nitrogens with one attached hydrogen (secondary N) is 1. The van der Waals surface area contributed by atoms with Gasteiger partial charge in [-0.05, 0) is 32.0 Å². The average molecular weight is 260 g/mol. The first-order chi connectivity index (χ1) is 9.22. The second-order valence-corrected chi connectivity index (χ2v) is 5.06. The quantitative estimate of drug-likeness (QED) is 0.827. The van der Waals surface area contributed by atoms with E-state index >= 15 is 0 Å². The molecule has 0 saturated heterocycles. The van der Waals surface area contributed by atoms with E-state index in [4.69, 9.17) is 4.74 Å². The van der Waals surface area contributed by atoms with Gasteiger partial charge in [0.05, 0.1) is 12.7 Å². The summed E-state index contributed by atoms with van der Waals surface area (Å²) in [7, 11) is 0. The Hall–Kier alpha value is -1.32. The van der Waals surface area contributed by atoms with E-state index in [0.717, 1.165) is 26.2 Å². The van der Waals surface area contributed by atoms with Gasteiger partial charge in [0, 0.05) is 30.2 Å². The zero-order chi connectivity index (χ0) is 13.7. The van der Waals surface area contributed by atoms with Crippen molar-refractivity contribution < 1.29 is 4.74 Å². The Balaban J connectivity index is 2.18. The van der Waals surface area contributed by atoms with Crippen LogP contribution >= 0.6 is 0 Å². The summed E-state index contributed by atoms with van der Waals surface area (Å²) in [4.78, 5) is 0. The molecular weight excluding hydrogens is 236 g/mol. The monoisotopic (exact) mass is 260 g/mol. The van der Waals surface area contributed by atoms with Crippen molar-refractivity contribution in [3.63, 3.8) is 0 Å². The third kappa shape index (κ3) is 3.58. The van der Waals surface area contributed by atoms with Gasteiger partial charge in [-0.1, -0.05) is 25.1 Å². The van der Waals surface area contributed by atoms with Gasteiger partial charge >= 0.3 is 0 Å². The van der Waals surface area contributed by atoms with E-state index in [1.165, 1.54) is 16.5 Å². The second kappa shape index (κ2) is 6.73. The van der Waals surface area contributed by atoms with Gasteiger partial charge in [0.15, 0.2) is 0 Å². The molecule has 0 unspecified atom stereocenters. The first-order valence-corrected chi connectivity index (χ1v) is 7.11. The summed E-state index contributed by atoms with van der Waals surface area (Å²) < 4.78 is 7.94. The zero-order valence-corrected chi connectivity index (χ0v) is 12.1. The van der Waals surface area contributed by atoms with Crippen LogP contribution in [0.15, 0.2) is 30.5 Å². The first kappa shape index (κ1) is 14.1. The molecule has 0 fully saturated rings. The minimum Gasteiger partial charge on any atom is -0.377 e. The molecule has 0 saturated carbocycles. The molecule has 3 nitrogen and oxygen atoms in total. The predicted octanol–water partition coefficient (Wildman–Crippen LogP) is 3.18. The Morgan fingerprint density at radius 3 is 2.79 bits per heavy atom. The SMILES string of the molecule is CCNCc1cn(CCOC(C)C)c2ccccc12. The molecule has 104 valence electrons. The molecule has 3 heteroatoms. The molecule has 1 heterocycles. The van der Waals surface area contributed by atoms with Gasteiger partial charge < -0.3 is 14.6 Å². The fourth-order valence-corrected chi connectivity index (χ4v) is 2.30. The molecule has 1 N–H and O–H groups in total. The molecule has 0 radical (unpaired) electrons. The predicted molar refractivity (Wildman–Crippen MR) is 80.4 cm³/mol. The van der Waals surface area contributed by atoms with Crippen LogP contribution in [0.3, 0.4) is 0 Å². The molecule has 19 heavy (non-hydrogen) atoms. The van der Waals surface area contributed by atoms with Gasteiger partial charge in [0.25, 0.3) is 0 Å². The third-order valence-corrected chi connectivity index (χ3v) is 3.22. The van der Waals surface area contributed by atoms with Crippen LogP contribution in [0.4, 0.5) is 0 Å². The van der Waals surface area contributed by atoms with Crippen LogP contribution in [0.25, 0.3) is 10.9 Å². The fourth-order valence-electron chi connectivity index (χ4n) is 2.30. The van der Waals surface area contributed by atoms with E-state index < -0.39 is 0 Å². The van der Waals surface area contributed by atoms with Gasteiger partial charge in [-0.15, -0.1) is 0 Å². The minimum absolute atomic E-state index is 0.294. The standard InChI is InChI=1S/C16H24N2O/c1-4-17-11-14-12-18(9-10-19-13(2)3)16-8-6-5-7-15(14)16/h5-8,12-13,17H,4,9-11H2,1-3H3. The lowest BCUT2D eigenvalue weighted by atomic mass is 10.2. The van der Waals surface area contributed by atoms with E-state index in [1.54, 1.807) is 0 Å². The highest BCUT2D eigenvalue weighted by molar-refractivity contribution is 5.83. The lowest BCUT2D eigenvalue weighted by molar-refractivity contribution is 0.0733. The van der Waals surface area contributed by atoms with E-state index in [0.29, 0.717) is 6.10 Å². The average Bonchev–Trinajstić information content (AvgIpc) is 2.75. The van der Waals surface area contributed by atoms with Crippen molar-refractivity contribution in [2.24, 2.45) is 0 Å². The van der Waals surface area contributed by atoms with E-state index in [2.05, 4.69) is 61.1 Å². The maximum atomic E-state index is 5.65. The molecule has 2 aromatic rings. The molecule has 2 rings (SSSR count). The number of hydrogen-bond donors (Lipinski definition) is 1. The molecular formula is C16H24N2O. The largest absolute Gasteiger partial charge is 0.377 e. The second-order valence-electron chi connectivity index (χ2n) is 5.06.